The monoisotopic (exact) mass is 411 g/mol. The molecule has 148 valence electrons. The summed E-state index contributed by atoms with van der Waals surface area (Å²) in [5.74, 6) is -1.47. The van der Waals surface area contributed by atoms with Gasteiger partial charge >= 0.3 is 11.7 Å². The fourth-order valence-corrected chi connectivity index (χ4v) is 3.22. The molecule has 0 radical (unpaired) electrons. The highest BCUT2D eigenvalue weighted by molar-refractivity contribution is 8.00. The second-order valence-corrected chi connectivity index (χ2v) is 7.10. The Morgan fingerprint density at radius 2 is 1.86 bits per heavy atom. The van der Waals surface area contributed by atoms with E-state index in [1.54, 1.807) is 55.5 Å². The molecular weight excluding hydrogens is 394 g/mol. The van der Waals surface area contributed by atoms with Crippen LogP contribution in [-0.4, -0.2) is 37.7 Å². The summed E-state index contributed by atoms with van der Waals surface area (Å²) in [6.07, 6.45) is 1.18. The van der Waals surface area contributed by atoms with Crippen LogP contribution in [0.5, 0.6) is 5.88 Å². The van der Waals surface area contributed by atoms with E-state index in [4.69, 9.17) is 5.11 Å². The van der Waals surface area contributed by atoms with Crippen molar-refractivity contribution in [2.45, 2.75) is 11.8 Å². The molecule has 3 rings (SSSR count). The van der Waals surface area contributed by atoms with E-state index < -0.39 is 23.1 Å². The van der Waals surface area contributed by atoms with Gasteiger partial charge in [0.05, 0.1) is 17.1 Å². The van der Waals surface area contributed by atoms with Gasteiger partial charge in [-0.05, 0) is 42.8 Å². The molecule has 0 amide bonds. The van der Waals surface area contributed by atoms with Gasteiger partial charge in [0.15, 0.2) is 0 Å². The zero-order chi connectivity index (χ0) is 21.0. The van der Waals surface area contributed by atoms with Gasteiger partial charge < -0.3 is 10.2 Å². The summed E-state index contributed by atoms with van der Waals surface area (Å²) in [6.45, 7) is 1.78. The number of aromatic amines is 1. The number of aliphatic imine (C=N–C) groups is 1. The molecule has 8 nitrogen and oxygen atoms in total. The van der Waals surface area contributed by atoms with Crippen molar-refractivity contribution in [3.05, 3.63) is 80.5 Å². The van der Waals surface area contributed by atoms with Gasteiger partial charge in [-0.3, -0.25) is 19.6 Å². The zero-order valence-electron chi connectivity index (χ0n) is 15.3. The molecule has 0 unspecified atom stereocenters. The molecule has 0 atom stereocenters. The maximum absolute atomic E-state index is 12.2. The first-order chi connectivity index (χ1) is 13.9. The van der Waals surface area contributed by atoms with E-state index in [1.807, 2.05) is 0 Å². The highest BCUT2D eigenvalue weighted by Crippen LogP contribution is 2.22. The summed E-state index contributed by atoms with van der Waals surface area (Å²) in [7, 11) is 0. The Hall–Kier alpha value is -3.59. The number of aryl methyl sites for hydroxylation is 1. The van der Waals surface area contributed by atoms with Crippen molar-refractivity contribution >= 4 is 29.6 Å². The van der Waals surface area contributed by atoms with Crippen LogP contribution in [-0.2, 0) is 4.79 Å². The van der Waals surface area contributed by atoms with Crippen LogP contribution in [0.25, 0.3) is 5.69 Å². The molecule has 1 heterocycles. The number of rotatable bonds is 6. The number of hydrogen-bond donors (Lipinski definition) is 3. The van der Waals surface area contributed by atoms with E-state index in [1.165, 1.54) is 18.0 Å². The molecular formula is C20H17N3O5S. The van der Waals surface area contributed by atoms with Crippen LogP contribution in [0.3, 0.4) is 0 Å². The number of aromatic hydroxyl groups is 1. The Labute approximate surface area is 169 Å². The lowest BCUT2D eigenvalue weighted by atomic mass is 10.2. The van der Waals surface area contributed by atoms with E-state index in [0.29, 0.717) is 11.4 Å². The predicted octanol–water partition coefficient (Wildman–Crippen LogP) is 2.47. The van der Waals surface area contributed by atoms with E-state index in [0.717, 1.165) is 15.0 Å². The highest BCUT2D eigenvalue weighted by atomic mass is 32.2. The number of para-hydroxylation sites is 1. The Morgan fingerprint density at radius 3 is 2.52 bits per heavy atom. The third-order valence-electron chi connectivity index (χ3n) is 4.02. The summed E-state index contributed by atoms with van der Waals surface area (Å²) < 4.78 is 1.02. The first kappa shape index (κ1) is 20.2. The average molecular weight is 411 g/mol. The number of carboxylic acid groups (broad SMARTS) is 1. The summed E-state index contributed by atoms with van der Waals surface area (Å²) >= 11 is 1.17. The number of benzene rings is 2. The summed E-state index contributed by atoms with van der Waals surface area (Å²) in [5.41, 5.74) is 0.0257. The minimum absolute atomic E-state index is 0.0493. The lowest BCUT2D eigenvalue weighted by molar-refractivity contribution is -0.133. The standard InChI is InChI=1S/C20H17N3O5S/c1-12-4-2-3-5-16(12)23-19(27)15(18(26)22-20(23)28)10-21-13-6-8-14(9-7-13)29-11-17(24)25/h2-10,27H,11H2,1H3,(H,24,25)(H,22,26,28). The lowest BCUT2D eigenvalue weighted by Crippen LogP contribution is -2.31. The number of thioether (sulfide) groups is 1. The summed E-state index contributed by atoms with van der Waals surface area (Å²) in [6, 6.07) is 13.7. The Bertz CT molecular complexity index is 1200. The molecule has 0 aliphatic carbocycles. The predicted molar refractivity (Wildman–Crippen MR) is 111 cm³/mol. The quantitative estimate of drug-likeness (QED) is 0.423. The summed E-state index contributed by atoms with van der Waals surface area (Å²) in [4.78, 5) is 42.2. The van der Waals surface area contributed by atoms with Crippen LogP contribution in [0.15, 0.2) is 68.0 Å². The first-order valence-electron chi connectivity index (χ1n) is 8.50. The number of H-pyrrole nitrogens is 1. The molecule has 29 heavy (non-hydrogen) atoms. The van der Waals surface area contributed by atoms with Gasteiger partial charge in [-0.15, -0.1) is 11.8 Å². The number of hydrogen-bond acceptors (Lipinski definition) is 6. The third kappa shape index (κ3) is 4.64. The number of carbonyl (C=O) groups is 1. The van der Waals surface area contributed by atoms with Crippen molar-refractivity contribution < 1.29 is 15.0 Å². The molecule has 0 bridgehead atoms. The minimum Gasteiger partial charge on any atom is -0.493 e. The Kier molecular flexibility index (Phi) is 5.99. The molecule has 0 aliphatic heterocycles. The maximum atomic E-state index is 12.2. The average Bonchev–Trinajstić information content (AvgIpc) is 2.68. The molecule has 0 fully saturated rings. The van der Waals surface area contributed by atoms with Crippen LogP contribution >= 0.6 is 11.8 Å². The second-order valence-electron chi connectivity index (χ2n) is 6.05. The molecule has 0 spiro atoms. The molecule has 0 saturated carbocycles. The van der Waals surface area contributed by atoms with Gasteiger partial charge in [0.25, 0.3) is 5.56 Å². The fraction of sp³-hybridized carbons (Fsp3) is 0.100. The smallest absolute Gasteiger partial charge is 0.335 e. The van der Waals surface area contributed by atoms with Crippen molar-refractivity contribution in [2.24, 2.45) is 4.99 Å². The third-order valence-corrected chi connectivity index (χ3v) is 5.02. The van der Waals surface area contributed by atoms with E-state index in [2.05, 4.69) is 9.98 Å². The van der Waals surface area contributed by atoms with Crippen molar-refractivity contribution in [1.29, 1.82) is 0 Å². The minimum atomic E-state index is -0.907. The topological polar surface area (TPSA) is 125 Å². The van der Waals surface area contributed by atoms with Crippen LogP contribution in [0.4, 0.5) is 5.69 Å². The Balaban J connectivity index is 1.94. The largest absolute Gasteiger partial charge is 0.493 e. The van der Waals surface area contributed by atoms with Gasteiger partial charge in [0.1, 0.15) is 5.56 Å². The van der Waals surface area contributed by atoms with Crippen molar-refractivity contribution in [3.63, 3.8) is 0 Å². The number of carboxylic acids is 1. The van der Waals surface area contributed by atoms with E-state index in [9.17, 15) is 19.5 Å². The van der Waals surface area contributed by atoms with Gasteiger partial charge in [-0.25, -0.2) is 9.36 Å². The molecule has 3 aromatic rings. The number of nitrogens with one attached hydrogen (secondary N) is 1. The van der Waals surface area contributed by atoms with Gasteiger partial charge in [-0.1, -0.05) is 18.2 Å². The first-order valence-corrected chi connectivity index (χ1v) is 9.48. The number of aromatic nitrogens is 2. The SMILES string of the molecule is Cc1ccccc1-n1c(O)c(C=Nc2ccc(SCC(=O)O)cc2)c(=O)[nH]c1=O. The summed E-state index contributed by atoms with van der Waals surface area (Å²) in [5, 5.41) is 19.3. The van der Waals surface area contributed by atoms with Gasteiger partial charge in [-0.2, -0.15) is 0 Å². The van der Waals surface area contributed by atoms with Gasteiger partial charge in [0.2, 0.25) is 5.88 Å². The number of aliphatic carboxylic acids is 1. The molecule has 9 heteroatoms. The van der Waals surface area contributed by atoms with Crippen LogP contribution < -0.4 is 11.2 Å². The Morgan fingerprint density at radius 1 is 1.17 bits per heavy atom. The lowest BCUT2D eigenvalue weighted by Gasteiger charge is -2.11. The molecule has 0 aliphatic rings. The van der Waals surface area contributed by atoms with Gasteiger partial charge in [0, 0.05) is 11.1 Å². The van der Waals surface area contributed by atoms with Crippen molar-refractivity contribution in [3.8, 4) is 11.6 Å². The normalized spacial score (nSPS) is 11.1. The maximum Gasteiger partial charge on any atom is 0.335 e. The van der Waals surface area contributed by atoms with Crippen molar-refractivity contribution in [1.82, 2.24) is 9.55 Å². The van der Waals surface area contributed by atoms with Crippen LogP contribution in [0, 0.1) is 6.92 Å². The zero-order valence-corrected chi connectivity index (χ0v) is 16.1. The second kappa shape index (κ2) is 8.61. The highest BCUT2D eigenvalue weighted by Gasteiger charge is 2.15. The fourth-order valence-electron chi connectivity index (χ4n) is 2.61. The van der Waals surface area contributed by atoms with Crippen molar-refractivity contribution in [2.75, 3.05) is 5.75 Å². The van der Waals surface area contributed by atoms with Crippen LogP contribution in [0.2, 0.25) is 0 Å². The van der Waals surface area contributed by atoms with E-state index in [-0.39, 0.29) is 11.3 Å². The molecule has 2 aromatic carbocycles. The van der Waals surface area contributed by atoms with E-state index >= 15 is 0 Å². The molecule has 1 aromatic heterocycles. The van der Waals surface area contributed by atoms with Crippen LogP contribution in [0.1, 0.15) is 11.1 Å². The molecule has 0 saturated heterocycles. The molecule has 3 N–H and O–H groups in total. The number of nitrogens with zero attached hydrogens (tertiary/aromatic N) is 2.